The molecule has 0 saturated carbocycles. The molecule has 1 aliphatic rings. The zero-order valence-electron chi connectivity index (χ0n) is 15.6. The number of aromatic nitrogens is 4. The summed E-state index contributed by atoms with van der Waals surface area (Å²) >= 11 is 0. The van der Waals surface area contributed by atoms with Crippen molar-refractivity contribution in [1.82, 2.24) is 24.8 Å². The first-order valence-electron chi connectivity index (χ1n) is 9.21. The minimum atomic E-state index is 0.150. The Morgan fingerprint density at radius 3 is 3.11 bits per heavy atom. The third-order valence-corrected chi connectivity index (χ3v) is 4.75. The van der Waals surface area contributed by atoms with Crippen LogP contribution in [0.2, 0.25) is 0 Å². The van der Waals surface area contributed by atoms with Crippen LogP contribution in [0, 0.1) is 0 Å². The Balaban J connectivity index is 1.62. The monoisotopic (exact) mass is 368 g/mol. The van der Waals surface area contributed by atoms with Crippen LogP contribution in [0.25, 0.3) is 16.9 Å². The predicted octanol–water partition coefficient (Wildman–Crippen LogP) is 2.00. The smallest absolute Gasteiger partial charge is 0.159 e. The minimum Gasteiger partial charge on any atom is -0.494 e. The molecule has 3 heterocycles. The van der Waals surface area contributed by atoms with E-state index in [2.05, 4.69) is 20.6 Å². The fourth-order valence-corrected chi connectivity index (χ4v) is 3.42. The van der Waals surface area contributed by atoms with E-state index in [1.807, 2.05) is 29.7 Å². The Morgan fingerprint density at radius 1 is 1.33 bits per heavy atom. The largest absolute Gasteiger partial charge is 0.494 e. The molecule has 2 aromatic heterocycles. The van der Waals surface area contributed by atoms with Crippen molar-refractivity contribution in [2.24, 2.45) is 0 Å². The standard InChI is InChI=1S/C19H24N6O2/c1-3-27-13-4-5-14-16(8-13)25(12-22-14)19-11-21-10-18(24-19)23-15-9-20-7-6-17(15)26-2/h4-5,8,10-12,15,17,20H,3,6-7,9H2,1-2H3,(H,23,24). The number of imidazole rings is 1. The van der Waals surface area contributed by atoms with Gasteiger partial charge in [0.15, 0.2) is 5.82 Å². The maximum absolute atomic E-state index is 5.61. The lowest BCUT2D eigenvalue weighted by atomic mass is 10.0. The van der Waals surface area contributed by atoms with Gasteiger partial charge in [-0.15, -0.1) is 0 Å². The van der Waals surface area contributed by atoms with E-state index < -0.39 is 0 Å². The van der Waals surface area contributed by atoms with Gasteiger partial charge in [0, 0.05) is 19.7 Å². The van der Waals surface area contributed by atoms with Gasteiger partial charge in [-0.25, -0.2) is 9.97 Å². The summed E-state index contributed by atoms with van der Waals surface area (Å²) < 4.78 is 13.1. The van der Waals surface area contributed by atoms with E-state index in [-0.39, 0.29) is 12.1 Å². The number of rotatable bonds is 6. The van der Waals surface area contributed by atoms with Crippen molar-refractivity contribution < 1.29 is 9.47 Å². The van der Waals surface area contributed by atoms with Gasteiger partial charge in [0.25, 0.3) is 0 Å². The maximum Gasteiger partial charge on any atom is 0.159 e. The normalized spacial score (nSPS) is 19.9. The Labute approximate surface area is 157 Å². The summed E-state index contributed by atoms with van der Waals surface area (Å²) in [4.78, 5) is 13.5. The van der Waals surface area contributed by atoms with Crippen molar-refractivity contribution in [3.05, 3.63) is 36.9 Å². The van der Waals surface area contributed by atoms with Crippen LogP contribution >= 0.6 is 0 Å². The second kappa shape index (κ2) is 7.89. The van der Waals surface area contributed by atoms with Crippen LogP contribution in [0.1, 0.15) is 13.3 Å². The molecule has 0 amide bonds. The van der Waals surface area contributed by atoms with E-state index in [0.29, 0.717) is 18.2 Å². The second-order valence-corrected chi connectivity index (χ2v) is 6.48. The first-order chi connectivity index (χ1) is 13.3. The zero-order valence-corrected chi connectivity index (χ0v) is 15.6. The Kier molecular flexibility index (Phi) is 5.17. The average molecular weight is 368 g/mol. The molecule has 8 heteroatoms. The number of fused-ring (bicyclic) bond motifs is 1. The molecular weight excluding hydrogens is 344 g/mol. The SMILES string of the molecule is CCOc1ccc2ncn(-c3cncc(NC4CNCCC4OC)n3)c2c1. The van der Waals surface area contributed by atoms with Gasteiger partial charge in [-0.2, -0.15) is 0 Å². The molecule has 0 spiro atoms. The number of anilines is 1. The highest BCUT2D eigenvalue weighted by atomic mass is 16.5. The molecule has 1 saturated heterocycles. The van der Waals surface area contributed by atoms with E-state index in [0.717, 1.165) is 36.3 Å². The first kappa shape index (κ1) is 17.7. The summed E-state index contributed by atoms with van der Waals surface area (Å²) in [5.41, 5.74) is 1.82. The van der Waals surface area contributed by atoms with Crippen LogP contribution in [-0.2, 0) is 4.74 Å². The highest BCUT2D eigenvalue weighted by molar-refractivity contribution is 5.78. The van der Waals surface area contributed by atoms with Gasteiger partial charge in [-0.1, -0.05) is 0 Å². The predicted molar refractivity (Wildman–Crippen MR) is 104 cm³/mol. The lowest BCUT2D eigenvalue weighted by molar-refractivity contribution is 0.0664. The number of nitrogens with zero attached hydrogens (tertiary/aromatic N) is 4. The van der Waals surface area contributed by atoms with E-state index in [9.17, 15) is 0 Å². The number of piperidine rings is 1. The fraction of sp³-hybridized carbons (Fsp3) is 0.421. The minimum absolute atomic E-state index is 0.150. The summed E-state index contributed by atoms with van der Waals surface area (Å²) in [7, 11) is 1.75. The van der Waals surface area contributed by atoms with E-state index in [1.165, 1.54) is 0 Å². The first-order valence-corrected chi connectivity index (χ1v) is 9.21. The number of benzene rings is 1. The topological polar surface area (TPSA) is 86.1 Å². The summed E-state index contributed by atoms with van der Waals surface area (Å²) in [5, 5.41) is 6.83. The van der Waals surface area contributed by atoms with Crippen molar-refractivity contribution in [3.63, 3.8) is 0 Å². The van der Waals surface area contributed by atoms with E-state index in [4.69, 9.17) is 14.5 Å². The van der Waals surface area contributed by atoms with Gasteiger partial charge in [0.05, 0.1) is 42.2 Å². The molecule has 1 aliphatic heterocycles. The third-order valence-electron chi connectivity index (χ3n) is 4.75. The van der Waals surface area contributed by atoms with E-state index in [1.54, 1.807) is 25.8 Å². The maximum atomic E-state index is 5.61. The third kappa shape index (κ3) is 3.72. The number of hydrogen-bond donors (Lipinski definition) is 2. The molecular formula is C19H24N6O2. The Hall–Kier alpha value is -2.71. The van der Waals surface area contributed by atoms with Crippen LogP contribution in [-0.4, -0.2) is 58.5 Å². The molecule has 1 aromatic carbocycles. The van der Waals surface area contributed by atoms with Gasteiger partial charge < -0.3 is 20.1 Å². The Morgan fingerprint density at radius 2 is 2.26 bits per heavy atom. The molecule has 4 rings (SSSR count). The van der Waals surface area contributed by atoms with Crippen molar-refractivity contribution >= 4 is 16.9 Å². The highest BCUT2D eigenvalue weighted by Gasteiger charge is 2.25. The fourth-order valence-electron chi connectivity index (χ4n) is 3.42. The van der Waals surface area contributed by atoms with Gasteiger partial charge in [0.1, 0.15) is 17.9 Å². The van der Waals surface area contributed by atoms with Gasteiger partial charge >= 0.3 is 0 Å². The molecule has 1 fully saturated rings. The lowest BCUT2D eigenvalue weighted by Crippen LogP contribution is -2.49. The number of methoxy groups -OCH3 is 1. The number of hydrogen-bond acceptors (Lipinski definition) is 7. The van der Waals surface area contributed by atoms with Gasteiger partial charge in [-0.3, -0.25) is 9.55 Å². The molecule has 8 nitrogen and oxygen atoms in total. The van der Waals surface area contributed by atoms with Gasteiger partial charge in [0.2, 0.25) is 0 Å². The molecule has 2 unspecified atom stereocenters. The van der Waals surface area contributed by atoms with Crippen molar-refractivity contribution in [3.8, 4) is 11.6 Å². The highest BCUT2D eigenvalue weighted by Crippen LogP contribution is 2.23. The van der Waals surface area contributed by atoms with Crippen LogP contribution in [0.15, 0.2) is 36.9 Å². The van der Waals surface area contributed by atoms with Crippen LogP contribution in [0.4, 0.5) is 5.82 Å². The van der Waals surface area contributed by atoms with Crippen LogP contribution in [0.5, 0.6) is 5.75 Å². The summed E-state index contributed by atoms with van der Waals surface area (Å²) in [5.74, 6) is 2.23. The molecule has 3 aromatic rings. The van der Waals surface area contributed by atoms with Crippen molar-refractivity contribution in [2.45, 2.75) is 25.5 Å². The molecule has 0 aliphatic carbocycles. The van der Waals surface area contributed by atoms with Gasteiger partial charge in [-0.05, 0) is 32.0 Å². The quantitative estimate of drug-likeness (QED) is 0.688. The molecule has 0 bridgehead atoms. The summed E-state index contributed by atoms with van der Waals surface area (Å²) in [6.45, 7) is 4.38. The average Bonchev–Trinajstić information content (AvgIpc) is 3.12. The van der Waals surface area contributed by atoms with E-state index >= 15 is 0 Å². The summed E-state index contributed by atoms with van der Waals surface area (Å²) in [6, 6.07) is 5.99. The van der Waals surface area contributed by atoms with Crippen LogP contribution < -0.4 is 15.4 Å². The number of nitrogens with one attached hydrogen (secondary N) is 2. The lowest BCUT2D eigenvalue weighted by Gasteiger charge is -2.31. The molecule has 142 valence electrons. The zero-order chi connectivity index (χ0) is 18.6. The Bertz CT molecular complexity index is 912. The second-order valence-electron chi connectivity index (χ2n) is 6.48. The molecule has 2 atom stereocenters. The van der Waals surface area contributed by atoms with Crippen molar-refractivity contribution in [2.75, 3.05) is 32.1 Å². The molecule has 0 radical (unpaired) electrons. The number of ether oxygens (including phenoxy) is 2. The molecule has 2 N–H and O–H groups in total. The molecule has 27 heavy (non-hydrogen) atoms. The van der Waals surface area contributed by atoms with Crippen LogP contribution in [0.3, 0.4) is 0 Å². The van der Waals surface area contributed by atoms with Crippen molar-refractivity contribution in [1.29, 1.82) is 0 Å². The summed E-state index contributed by atoms with van der Waals surface area (Å²) in [6.07, 6.45) is 6.34.